The molecule has 2 aliphatic carbocycles. The molecule has 0 amide bonds. The normalized spacial score (nSPS) is 28.4. The Balaban J connectivity index is 2.05. The highest BCUT2D eigenvalue weighted by Crippen LogP contribution is 2.41. The maximum Gasteiger partial charge on any atom is 0.133 e. The Morgan fingerprint density at radius 2 is 2.07 bits per heavy atom. The van der Waals surface area contributed by atoms with Crippen molar-refractivity contribution in [2.75, 3.05) is 0 Å². The summed E-state index contributed by atoms with van der Waals surface area (Å²) in [6, 6.07) is 8.46. The van der Waals surface area contributed by atoms with Crippen molar-refractivity contribution in [3.8, 4) is 0 Å². The number of carbonyl (C=O) groups is 1. The van der Waals surface area contributed by atoms with Crippen molar-refractivity contribution >= 4 is 11.9 Å². The summed E-state index contributed by atoms with van der Waals surface area (Å²) in [6.07, 6.45) is 7.06. The van der Waals surface area contributed by atoms with Gasteiger partial charge in [0.1, 0.15) is 5.78 Å². The summed E-state index contributed by atoms with van der Waals surface area (Å²) in [7, 11) is 0. The third-order valence-electron chi connectivity index (χ3n) is 3.64. The molecule has 0 heterocycles. The van der Waals surface area contributed by atoms with Crippen LogP contribution in [0.3, 0.4) is 0 Å². The number of ketones is 1. The largest absolute Gasteiger partial charge is 0.300 e. The Hall–Kier alpha value is -1.37. The average molecular weight is 198 g/mol. The highest BCUT2D eigenvalue weighted by Gasteiger charge is 2.31. The van der Waals surface area contributed by atoms with Crippen LogP contribution in [0.15, 0.2) is 30.3 Å². The first-order valence-corrected chi connectivity index (χ1v) is 5.63. The van der Waals surface area contributed by atoms with E-state index < -0.39 is 0 Å². The fraction of sp³-hybridized carbons (Fsp3) is 0.357. The van der Waals surface area contributed by atoms with E-state index >= 15 is 0 Å². The van der Waals surface area contributed by atoms with E-state index in [4.69, 9.17) is 0 Å². The van der Waals surface area contributed by atoms with E-state index in [2.05, 4.69) is 36.4 Å². The molecule has 2 atom stereocenters. The zero-order chi connectivity index (χ0) is 10.3. The molecule has 0 N–H and O–H groups in total. The number of hydrogen-bond acceptors (Lipinski definition) is 1. The molecule has 0 aromatic heterocycles. The van der Waals surface area contributed by atoms with Gasteiger partial charge in [-0.3, -0.25) is 4.79 Å². The van der Waals surface area contributed by atoms with Crippen LogP contribution in [0.1, 0.15) is 36.3 Å². The van der Waals surface area contributed by atoms with E-state index in [1.165, 1.54) is 11.1 Å². The van der Waals surface area contributed by atoms with E-state index in [0.29, 0.717) is 17.6 Å². The Morgan fingerprint density at radius 1 is 1.20 bits per heavy atom. The molecule has 3 rings (SSSR count). The zero-order valence-corrected chi connectivity index (χ0v) is 8.65. The Kier molecular flexibility index (Phi) is 1.98. The first-order chi connectivity index (χ1) is 7.34. The first kappa shape index (κ1) is 8.90. The van der Waals surface area contributed by atoms with Crippen molar-refractivity contribution in [3.63, 3.8) is 0 Å². The minimum Gasteiger partial charge on any atom is -0.300 e. The molecule has 2 unspecified atom stereocenters. The van der Waals surface area contributed by atoms with Gasteiger partial charge in [0.05, 0.1) is 0 Å². The van der Waals surface area contributed by atoms with Crippen LogP contribution in [0.4, 0.5) is 0 Å². The minimum atomic E-state index is 0.432. The smallest absolute Gasteiger partial charge is 0.133 e. The monoisotopic (exact) mass is 198 g/mol. The highest BCUT2D eigenvalue weighted by molar-refractivity contribution is 5.81. The number of allylic oxidation sites excluding steroid dienone is 1. The summed E-state index contributed by atoms with van der Waals surface area (Å²) in [5.41, 5.74) is 2.67. The molecule has 2 aliphatic rings. The van der Waals surface area contributed by atoms with Gasteiger partial charge in [-0.2, -0.15) is 0 Å². The van der Waals surface area contributed by atoms with Crippen molar-refractivity contribution in [2.24, 2.45) is 5.92 Å². The van der Waals surface area contributed by atoms with Crippen LogP contribution in [0.25, 0.3) is 6.08 Å². The van der Waals surface area contributed by atoms with Crippen LogP contribution in [-0.4, -0.2) is 5.78 Å². The Morgan fingerprint density at radius 3 is 3.00 bits per heavy atom. The Labute approximate surface area is 89.8 Å². The summed E-state index contributed by atoms with van der Waals surface area (Å²) in [5, 5.41) is 0. The van der Waals surface area contributed by atoms with Crippen molar-refractivity contribution < 1.29 is 4.79 Å². The van der Waals surface area contributed by atoms with Crippen LogP contribution in [0.5, 0.6) is 0 Å². The van der Waals surface area contributed by atoms with Gasteiger partial charge in [-0.25, -0.2) is 0 Å². The van der Waals surface area contributed by atoms with Crippen LogP contribution in [0.2, 0.25) is 0 Å². The second kappa shape index (κ2) is 3.34. The van der Waals surface area contributed by atoms with Gasteiger partial charge in [-0.15, -0.1) is 0 Å². The highest BCUT2D eigenvalue weighted by atomic mass is 16.1. The second-order valence-corrected chi connectivity index (χ2v) is 4.54. The molecule has 15 heavy (non-hydrogen) atoms. The summed E-state index contributed by atoms with van der Waals surface area (Å²) >= 11 is 0. The SMILES string of the molecule is O=C1CCC2C=Cc3ccccc3C2C1. The second-order valence-electron chi connectivity index (χ2n) is 4.54. The van der Waals surface area contributed by atoms with E-state index in [0.717, 1.165) is 19.3 Å². The molecule has 0 spiro atoms. The van der Waals surface area contributed by atoms with Crippen LogP contribution < -0.4 is 0 Å². The number of carbonyl (C=O) groups excluding carboxylic acids is 1. The molecule has 1 heteroatoms. The van der Waals surface area contributed by atoms with Gasteiger partial charge in [-0.05, 0) is 29.4 Å². The summed E-state index contributed by atoms with van der Waals surface area (Å²) < 4.78 is 0. The Bertz CT molecular complexity index is 431. The van der Waals surface area contributed by atoms with E-state index in [9.17, 15) is 4.79 Å². The molecule has 0 aliphatic heterocycles. The van der Waals surface area contributed by atoms with Gasteiger partial charge < -0.3 is 0 Å². The van der Waals surface area contributed by atoms with Gasteiger partial charge in [-0.1, -0.05) is 36.4 Å². The summed E-state index contributed by atoms with van der Waals surface area (Å²) in [6.45, 7) is 0. The topological polar surface area (TPSA) is 17.1 Å². The molecule has 1 aromatic carbocycles. The molecule has 0 saturated heterocycles. The van der Waals surface area contributed by atoms with Gasteiger partial charge in [0.25, 0.3) is 0 Å². The standard InChI is InChI=1S/C14H14O/c15-12-8-7-11-6-5-10-3-1-2-4-13(10)14(11)9-12/h1-6,11,14H,7-9H2. The van der Waals surface area contributed by atoms with E-state index in [-0.39, 0.29) is 0 Å². The number of rotatable bonds is 0. The lowest BCUT2D eigenvalue weighted by atomic mass is 9.71. The molecule has 1 aromatic rings. The van der Waals surface area contributed by atoms with Crippen molar-refractivity contribution in [2.45, 2.75) is 25.2 Å². The fourth-order valence-corrected chi connectivity index (χ4v) is 2.83. The third kappa shape index (κ3) is 1.43. The van der Waals surface area contributed by atoms with Gasteiger partial charge in [0.2, 0.25) is 0 Å². The predicted octanol–water partition coefficient (Wildman–Crippen LogP) is 3.17. The molecule has 1 saturated carbocycles. The first-order valence-electron chi connectivity index (χ1n) is 5.63. The number of fused-ring (bicyclic) bond motifs is 3. The van der Waals surface area contributed by atoms with Crippen molar-refractivity contribution in [1.82, 2.24) is 0 Å². The van der Waals surface area contributed by atoms with Gasteiger partial charge in [0.15, 0.2) is 0 Å². The van der Waals surface area contributed by atoms with E-state index in [1.807, 2.05) is 0 Å². The quantitative estimate of drug-likeness (QED) is 0.625. The van der Waals surface area contributed by atoms with Crippen LogP contribution in [-0.2, 0) is 4.79 Å². The number of Topliss-reactive ketones (excluding diaryl/α,β-unsaturated/α-hetero) is 1. The lowest BCUT2D eigenvalue weighted by molar-refractivity contribution is -0.121. The zero-order valence-electron chi connectivity index (χ0n) is 8.65. The van der Waals surface area contributed by atoms with Crippen molar-refractivity contribution in [3.05, 3.63) is 41.5 Å². The van der Waals surface area contributed by atoms with Crippen LogP contribution in [0, 0.1) is 5.92 Å². The molecule has 1 nitrogen and oxygen atoms in total. The van der Waals surface area contributed by atoms with Gasteiger partial charge in [0, 0.05) is 12.8 Å². The number of hydrogen-bond donors (Lipinski definition) is 0. The van der Waals surface area contributed by atoms with Gasteiger partial charge >= 0.3 is 0 Å². The molecule has 1 fully saturated rings. The minimum absolute atomic E-state index is 0.432. The maximum atomic E-state index is 11.5. The summed E-state index contributed by atoms with van der Waals surface area (Å²) in [4.78, 5) is 11.5. The van der Waals surface area contributed by atoms with Crippen molar-refractivity contribution in [1.29, 1.82) is 0 Å². The molecule has 76 valence electrons. The maximum absolute atomic E-state index is 11.5. The lowest BCUT2D eigenvalue weighted by Crippen LogP contribution is -2.24. The molecular weight excluding hydrogens is 184 g/mol. The average Bonchev–Trinajstić information content (AvgIpc) is 2.29. The third-order valence-corrected chi connectivity index (χ3v) is 3.64. The predicted molar refractivity (Wildman–Crippen MR) is 60.6 cm³/mol. The number of benzene rings is 1. The summed E-state index contributed by atoms with van der Waals surface area (Å²) in [5.74, 6) is 1.48. The molecular formula is C14H14O. The van der Waals surface area contributed by atoms with Crippen LogP contribution >= 0.6 is 0 Å². The van der Waals surface area contributed by atoms with E-state index in [1.54, 1.807) is 0 Å². The molecule has 0 bridgehead atoms. The molecule has 0 radical (unpaired) electrons. The fourth-order valence-electron chi connectivity index (χ4n) is 2.83. The lowest BCUT2D eigenvalue weighted by Gasteiger charge is -2.32.